The molecule has 0 aliphatic rings. The maximum atomic E-state index is 13.4. The van der Waals surface area contributed by atoms with E-state index in [-0.39, 0.29) is 22.7 Å². The second-order valence-electron chi connectivity index (χ2n) is 10.8. The van der Waals surface area contributed by atoms with Gasteiger partial charge >= 0.3 is 0 Å². The summed E-state index contributed by atoms with van der Waals surface area (Å²) in [4.78, 5) is 57.8. The zero-order chi connectivity index (χ0) is 31.9. The first kappa shape index (κ1) is 30.9. The summed E-state index contributed by atoms with van der Waals surface area (Å²) >= 11 is 0. The number of carbonyl (C=O) groups is 3. The second kappa shape index (κ2) is 13.8. The monoisotopic (exact) mass is 602 g/mol. The van der Waals surface area contributed by atoms with E-state index in [0.29, 0.717) is 48.3 Å². The number of carbonyl (C=O) groups excluding carboxylic acids is 3. The molecule has 5 aromatic rings. The van der Waals surface area contributed by atoms with E-state index in [9.17, 15) is 19.2 Å². The van der Waals surface area contributed by atoms with Gasteiger partial charge in [0.25, 0.3) is 11.8 Å². The molecule has 0 bridgehead atoms. The van der Waals surface area contributed by atoms with E-state index in [0.717, 1.165) is 28.3 Å². The number of amides is 3. The molecule has 5 rings (SSSR count). The average Bonchev–Trinajstić information content (AvgIpc) is 3.04. The highest BCUT2D eigenvalue weighted by molar-refractivity contribution is 6.12. The molecule has 2 heterocycles. The molecule has 9 nitrogen and oxygen atoms in total. The van der Waals surface area contributed by atoms with Crippen LogP contribution in [0.25, 0.3) is 11.0 Å². The smallest absolute Gasteiger partial charge is 0.291 e. The van der Waals surface area contributed by atoms with Crippen LogP contribution in [0.2, 0.25) is 0 Å². The molecule has 2 aromatic heterocycles. The Labute approximate surface area is 260 Å². The lowest BCUT2D eigenvalue weighted by molar-refractivity contribution is -0.130. The predicted octanol–water partition coefficient (Wildman–Crippen LogP) is 5.94. The number of para-hydroxylation sites is 1. The van der Waals surface area contributed by atoms with Gasteiger partial charge in [-0.25, -0.2) is 0 Å². The first-order chi connectivity index (χ1) is 21.7. The summed E-state index contributed by atoms with van der Waals surface area (Å²) in [6.45, 7) is 6.91. The standard InChI is InChI=1S/C36H34N4O5/c1-4-40(34(42)20-26-8-7-16-37-22-26)17-15-25-11-13-27(14-12-25)38-35(43)29-18-23(2)24(3)19-30(29)39-36(44)33-21-31(41)28-9-5-6-10-32(28)45-33/h5-14,16,18-19,21-22H,4,15,17,20H2,1-3H3,(H,38,43)(H,39,44). The number of hydrogen-bond donors (Lipinski definition) is 2. The van der Waals surface area contributed by atoms with Crippen molar-refractivity contribution < 1.29 is 18.8 Å². The van der Waals surface area contributed by atoms with Crippen molar-refractivity contribution in [1.29, 1.82) is 0 Å². The molecule has 0 saturated carbocycles. The Kier molecular flexibility index (Phi) is 9.48. The van der Waals surface area contributed by atoms with Gasteiger partial charge in [-0.2, -0.15) is 0 Å². The van der Waals surface area contributed by atoms with Crippen LogP contribution in [-0.2, 0) is 17.6 Å². The number of aromatic nitrogens is 1. The van der Waals surface area contributed by atoms with Gasteiger partial charge in [0.15, 0.2) is 11.2 Å². The van der Waals surface area contributed by atoms with E-state index in [1.807, 2.05) is 62.1 Å². The first-order valence-corrected chi connectivity index (χ1v) is 14.7. The van der Waals surface area contributed by atoms with Crippen LogP contribution in [0.5, 0.6) is 0 Å². The van der Waals surface area contributed by atoms with E-state index in [4.69, 9.17) is 4.42 Å². The highest BCUT2D eigenvalue weighted by Crippen LogP contribution is 2.24. The van der Waals surface area contributed by atoms with Crippen molar-refractivity contribution in [3.8, 4) is 0 Å². The van der Waals surface area contributed by atoms with Gasteiger partial charge in [0.1, 0.15) is 5.58 Å². The van der Waals surface area contributed by atoms with E-state index in [1.54, 1.807) is 48.8 Å². The molecule has 0 radical (unpaired) electrons. The maximum Gasteiger partial charge on any atom is 0.291 e. The average molecular weight is 603 g/mol. The Balaban J connectivity index is 1.25. The third-order valence-corrected chi connectivity index (χ3v) is 7.68. The summed E-state index contributed by atoms with van der Waals surface area (Å²) in [7, 11) is 0. The molecule has 45 heavy (non-hydrogen) atoms. The molecular weight excluding hydrogens is 568 g/mol. The number of aryl methyl sites for hydroxylation is 2. The SMILES string of the molecule is CCN(CCc1ccc(NC(=O)c2cc(C)c(C)cc2NC(=O)c2cc(=O)c3ccccc3o2)cc1)C(=O)Cc1cccnc1. The minimum absolute atomic E-state index is 0.0495. The number of likely N-dealkylation sites (N-methyl/N-ethyl adjacent to an activating group) is 1. The Bertz CT molecular complexity index is 1920. The molecule has 2 N–H and O–H groups in total. The van der Waals surface area contributed by atoms with Gasteiger partial charge in [0, 0.05) is 37.2 Å². The number of pyridine rings is 1. The summed E-state index contributed by atoms with van der Waals surface area (Å²) in [6.07, 6.45) is 4.37. The fourth-order valence-electron chi connectivity index (χ4n) is 4.97. The maximum absolute atomic E-state index is 13.4. The van der Waals surface area contributed by atoms with Gasteiger partial charge in [-0.05, 0) is 91.9 Å². The number of rotatable bonds is 10. The first-order valence-electron chi connectivity index (χ1n) is 14.7. The molecule has 3 aromatic carbocycles. The fraction of sp³-hybridized carbons (Fsp3) is 0.194. The lowest BCUT2D eigenvalue weighted by atomic mass is 10.0. The normalized spacial score (nSPS) is 10.8. The van der Waals surface area contributed by atoms with Gasteiger partial charge in [0.2, 0.25) is 5.91 Å². The Morgan fingerprint density at radius 1 is 0.844 bits per heavy atom. The van der Waals surface area contributed by atoms with Gasteiger partial charge in [-0.3, -0.25) is 24.2 Å². The van der Waals surface area contributed by atoms with Crippen LogP contribution in [-0.4, -0.2) is 40.7 Å². The van der Waals surface area contributed by atoms with E-state index in [1.165, 1.54) is 0 Å². The number of nitrogens with zero attached hydrogens (tertiary/aromatic N) is 2. The van der Waals surface area contributed by atoms with E-state index < -0.39 is 11.8 Å². The number of hydrogen-bond acceptors (Lipinski definition) is 6. The van der Waals surface area contributed by atoms with Crippen LogP contribution in [0.3, 0.4) is 0 Å². The van der Waals surface area contributed by atoms with Gasteiger partial charge < -0.3 is 20.0 Å². The molecule has 228 valence electrons. The van der Waals surface area contributed by atoms with Gasteiger partial charge in [-0.15, -0.1) is 0 Å². The van der Waals surface area contributed by atoms with Crippen LogP contribution in [0.4, 0.5) is 11.4 Å². The minimum Gasteiger partial charge on any atom is -0.451 e. The van der Waals surface area contributed by atoms with Crippen LogP contribution in [0.15, 0.2) is 100 Å². The topological polar surface area (TPSA) is 122 Å². The summed E-state index contributed by atoms with van der Waals surface area (Å²) in [5, 5.41) is 6.04. The largest absolute Gasteiger partial charge is 0.451 e. The molecule has 3 amide bonds. The minimum atomic E-state index is -0.639. The molecular formula is C36H34N4O5. The molecule has 0 spiro atoms. The van der Waals surface area contributed by atoms with Gasteiger partial charge in [0.05, 0.1) is 23.1 Å². The summed E-state index contributed by atoms with van der Waals surface area (Å²) in [6, 6.07) is 22.5. The van der Waals surface area contributed by atoms with Crippen molar-refractivity contribution in [1.82, 2.24) is 9.88 Å². The molecule has 0 aliphatic heterocycles. The second-order valence-corrected chi connectivity index (χ2v) is 10.8. The van der Waals surface area contributed by atoms with Gasteiger partial charge in [-0.1, -0.05) is 30.3 Å². The van der Waals surface area contributed by atoms with Crippen LogP contribution in [0, 0.1) is 13.8 Å². The Morgan fingerprint density at radius 3 is 2.33 bits per heavy atom. The zero-order valence-corrected chi connectivity index (χ0v) is 25.4. The number of fused-ring (bicyclic) bond motifs is 1. The lowest BCUT2D eigenvalue weighted by Gasteiger charge is -2.21. The highest BCUT2D eigenvalue weighted by atomic mass is 16.3. The predicted molar refractivity (Wildman–Crippen MR) is 175 cm³/mol. The summed E-state index contributed by atoms with van der Waals surface area (Å²) in [5.74, 6) is -1.15. The molecule has 0 aliphatic carbocycles. The number of anilines is 2. The third-order valence-electron chi connectivity index (χ3n) is 7.68. The van der Waals surface area contributed by atoms with Crippen LogP contribution >= 0.6 is 0 Å². The molecule has 0 fully saturated rings. The quantitative estimate of drug-likeness (QED) is 0.204. The van der Waals surface area contributed by atoms with E-state index >= 15 is 0 Å². The Morgan fingerprint density at radius 2 is 1.60 bits per heavy atom. The van der Waals surface area contributed by atoms with Crippen molar-refractivity contribution in [2.24, 2.45) is 0 Å². The lowest BCUT2D eigenvalue weighted by Crippen LogP contribution is -2.33. The van der Waals surface area contributed by atoms with Crippen molar-refractivity contribution in [3.05, 3.63) is 135 Å². The molecule has 0 saturated heterocycles. The third kappa shape index (κ3) is 7.51. The fourth-order valence-corrected chi connectivity index (χ4v) is 4.97. The van der Waals surface area contributed by atoms with Crippen molar-refractivity contribution in [2.75, 3.05) is 23.7 Å². The van der Waals surface area contributed by atoms with Crippen LogP contribution < -0.4 is 16.1 Å². The van der Waals surface area contributed by atoms with Crippen molar-refractivity contribution in [2.45, 2.75) is 33.6 Å². The van der Waals surface area contributed by atoms with Crippen molar-refractivity contribution >= 4 is 40.1 Å². The van der Waals surface area contributed by atoms with Crippen LogP contribution in [0.1, 0.15) is 50.1 Å². The van der Waals surface area contributed by atoms with E-state index in [2.05, 4.69) is 15.6 Å². The summed E-state index contributed by atoms with van der Waals surface area (Å²) in [5.41, 5.74) is 4.78. The number of nitrogens with one attached hydrogen (secondary N) is 2. The number of benzene rings is 3. The summed E-state index contributed by atoms with van der Waals surface area (Å²) < 4.78 is 5.68. The Hall–Kier alpha value is -5.57. The molecule has 0 atom stereocenters. The molecule has 9 heteroatoms. The zero-order valence-electron chi connectivity index (χ0n) is 25.4. The molecule has 0 unspecified atom stereocenters. The van der Waals surface area contributed by atoms with Crippen molar-refractivity contribution in [3.63, 3.8) is 0 Å². The highest BCUT2D eigenvalue weighted by Gasteiger charge is 2.19.